The third-order valence-electron chi connectivity index (χ3n) is 4.23. The average Bonchev–Trinajstić information content (AvgIpc) is 2.90. The molecule has 1 aliphatic carbocycles. The zero-order valence-corrected chi connectivity index (χ0v) is 16.2. The van der Waals surface area contributed by atoms with Crippen molar-refractivity contribution in [3.63, 3.8) is 0 Å². The Morgan fingerprint density at radius 3 is 2.70 bits per heavy atom. The number of aryl methyl sites for hydroxylation is 2. The Bertz CT molecular complexity index is 942. The standard InChI is InChI=1S/C18H20N2O5S2/c19-27(23,24)14-7-4-6-13(10-14)20-17(21)11-25-18(22)16-9-12-5-2-1-3-8-15(12)26-16/h4,6-7,9-10H,1-3,5,8,11H2,(H,20,21)(H2,19,23,24). The molecule has 2 aromatic rings. The smallest absolute Gasteiger partial charge is 0.348 e. The summed E-state index contributed by atoms with van der Waals surface area (Å²) in [6, 6.07) is 7.41. The second kappa shape index (κ2) is 8.20. The predicted molar refractivity (Wildman–Crippen MR) is 102 cm³/mol. The lowest BCUT2D eigenvalue weighted by Gasteiger charge is -2.07. The normalized spacial score (nSPS) is 14.1. The van der Waals surface area contributed by atoms with E-state index in [9.17, 15) is 18.0 Å². The van der Waals surface area contributed by atoms with Crippen molar-refractivity contribution in [3.8, 4) is 0 Å². The third-order valence-corrected chi connectivity index (χ3v) is 6.36. The summed E-state index contributed by atoms with van der Waals surface area (Å²) >= 11 is 1.43. The van der Waals surface area contributed by atoms with Crippen LogP contribution in [0.1, 0.15) is 39.4 Å². The predicted octanol–water partition coefficient (Wildman–Crippen LogP) is 2.46. The molecule has 7 nitrogen and oxygen atoms in total. The van der Waals surface area contributed by atoms with Gasteiger partial charge in [-0.05, 0) is 55.5 Å². The summed E-state index contributed by atoms with van der Waals surface area (Å²) in [4.78, 5) is 25.8. The van der Waals surface area contributed by atoms with Gasteiger partial charge in [0.05, 0.1) is 4.90 Å². The molecule has 3 N–H and O–H groups in total. The fourth-order valence-electron chi connectivity index (χ4n) is 2.92. The molecule has 0 unspecified atom stereocenters. The Morgan fingerprint density at radius 2 is 1.93 bits per heavy atom. The molecule has 0 saturated carbocycles. The molecule has 0 atom stereocenters. The Kier molecular flexibility index (Phi) is 5.93. The molecule has 1 aliphatic rings. The Balaban J connectivity index is 1.57. The second-order valence-electron chi connectivity index (χ2n) is 6.32. The third kappa shape index (κ3) is 5.15. The molecular weight excluding hydrogens is 388 g/mol. The molecular formula is C18H20N2O5S2. The van der Waals surface area contributed by atoms with Gasteiger partial charge in [0.1, 0.15) is 4.88 Å². The SMILES string of the molecule is NS(=O)(=O)c1cccc(NC(=O)COC(=O)c2cc3c(s2)CCCCC3)c1. The molecule has 0 radical (unpaired) electrons. The van der Waals surface area contributed by atoms with E-state index < -0.39 is 28.5 Å². The number of nitrogens with one attached hydrogen (secondary N) is 1. The van der Waals surface area contributed by atoms with E-state index in [2.05, 4.69) is 5.32 Å². The van der Waals surface area contributed by atoms with Gasteiger partial charge in [-0.3, -0.25) is 4.79 Å². The van der Waals surface area contributed by atoms with Crippen molar-refractivity contribution in [1.82, 2.24) is 0 Å². The van der Waals surface area contributed by atoms with Crippen LogP contribution in [0.5, 0.6) is 0 Å². The van der Waals surface area contributed by atoms with Crippen molar-refractivity contribution >= 4 is 38.9 Å². The maximum atomic E-state index is 12.2. The number of hydrogen-bond acceptors (Lipinski definition) is 6. The lowest BCUT2D eigenvalue weighted by molar-refractivity contribution is -0.119. The van der Waals surface area contributed by atoms with Crippen LogP contribution in [0.4, 0.5) is 5.69 Å². The zero-order valence-electron chi connectivity index (χ0n) is 14.6. The molecule has 0 bridgehead atoms. The Morgan fingerprint density at radius 1 is 1.15 bits per heavy atom. The maximum Gasteiger partial charge on any atom is 0.348 e. The highest BCUT2D eigenvalue weighted by molar-refractivity contribution is 7.89. The number of sulfonamides is 1. The van der Waals surface area contributed by atoms with Crippen LogP contribution in [-0.2, 0) is 32.4 Å². The first kappa shape index (κ1) is 19.5. The Hall–Kier alpha value is -2.23. The quantitative estimate of drug-likeness (QED) is 0.582. The van der Waals surface area contributed by atoms with Gasteiger partial charge in [-0.15, -0.1) is 11.3 Å². The number of fused-ring (bicyclic) bond motifs is 1. The lowest BCUT2D eigenvalue weighted by atomic mass is 10.1. The van der Waals surface area contributed by atoms with E-state index in [1.54, 1.807) is 0 Å². The van der Waals surface area contributed by atoms with Crippen molar-refractivity contribution in [2.24, 2.45) is 5.14 Å². The first-order chi connectivity index (χ1) is 12.8. The van der Waals surface area contributed by atoms with Crippen molar-refractivity contribution < 1.29 is 22.7 Å². The van der Waals surface area contributed by atoms with E-state index in [0.29, 0.717) is 4.88 Å². The summed E-state index contributed by atoms with van der Waals surface area (Å²) in [5.74, 6) is -1.09. The number of carbonyl (C=O) groups excluding carboxylic acids is 2. The summed E-state index contributed by atoms with van der Waals surface area (Å²) in [6.45, 7) is -0.457. The van der Waals surface area contributed by atoms with Gasteiger partial charge in [0.2, 0.25) is 10.0 Å². The molecule has 1 aromatic heterocycles. The van der Waals surface area contributed by atoms with E-state index >= 15 is 0 Å². The summed E-state index contributed by atoms with van der Waals surface area (Å²) in [5.41, 5.74) is 1.46. The van der Waals surface area contributed by atoms with Gasteiger partial charge >= 0.3 is 5.97 Å². The summed E-state index contributed by atoms with van der Waals surface area (Å²) < 4.78 is 27.8. The van der Waals surface area contributed by atoms with Crippen LogP contribution in [0.2, 0.25) is 0 Å². The lowest BCUT2D eigenvalue weighted by Crippen LogP contribution is -2.21. The van der Waals surface area contributed by atoms with Gasteiger partial charge in [0, 0.05) is 10.6 Å². The van der Waals surface area contributed by atoms with Crippen LogP contribution in [0.25, 0.3) is 0 Å². The second-order valence-corrected chi connectivity index (χ2v) is 9.02. The van der Waals surface area contributed by atoms with Crippen LogP contribution in [-0.4, -0.2) is 26.9 Å². The number of carbonyl (C=O) groups is 2. The molecule has 1 aromatic carbocycles. The fourth-order valence-corrected chi connectivity index (χ4v) is 4.63. The van der Waals surface area contributed by atoms with Gasteiger partial charge in [0.15, 0.2) is 6.61 Å². The minimum atomic E-state index is -3.86. The molecule has 0 aliphatic heterocycles. The van der Waals surface area contributed by atoms with Crippen LogP contribution < -0.4 is 10.5 Å². The topological polar surface area (TPSA) is 116 Å². The number of benzene rings is 1. The van der Waals surface area contributed by atoms with Gasteiger partial charge in [-0.2, -0.15) is 0 Å². The van der Waals surface area contributed by atoms with E-state index in [4.69, 9.17) is 9.88 Å². The van der Waals surface area contributed by atoms with Crippen LogP contribution in [0.15, 0.2) is 35.2 Å². The minimum absolute atomic E-state index is 0.114. The van der Waals surface area contributed by atoms with Crippen molar-refractivity contribution in [3.05, 3.63) is 45.6 Å². The molecule has 1 amide bonds. The number of rotatable bonds is 5. The molecule has 1 heterocycles. The number of thiophene rings is 1. The number of anilines is 1. The zero-order chi connectivity index (χ0) is 19.4. The molecule has 0 saturated heterocycles. The van der Waals surface area contributed by atoms with Crippen molar-refractivity contribution in [1.29, 1.82) is 0 Å². The van der Waals surface area contributed by atoms with Gasteiger partial charge in [-0.25, -0.2) is 18.4 Å². The fraction of sp³-hybridized carbons (Fsp3) is 0.333. The molecule has 27 heavy (non-hydrogen) atoms. The van der Waals surface area contributed by atoms with E-state index in [1.807, 2.05) is 6.07 Å². The first-order valence-electron chi connectivity index (χ1n) is 8.54. The summed E-state index contributed by atoms with van der Waals surface area (Å²) in [7, 11) is -3.86. The van der Waals surface area contributed by atoms with Crippen LogP contribution in [0, 0.1) is 0 Å². The number of ether oxygens (including phenoxy) is 1. The maximum absolute atomic E-state index is 12.2. The highest BCUT2D eigenvalue weighted by Crippen LogP contribution is 2.29. The number of esters is 1. The number of amides is 1. The summed E-state index contributed by atoms with van der Waals surface area (Å²) in [5, 5.41) is 7.55. The van der Waals surface area contributed by atoms with Crippen LogP contribution >= 0.6 is 11.3 Å². The first-order valence-corrected chi connectivity index (χ1v) is 10.9. The average molecular weight is 409 g/mol. The van der Waals surface area contributed by atoms with Gasteiger partial charge in [-0.1, -0.05) is 12.5 Å². The highest BCUT2D eigenvalue weighted by atomic mass is 32.2. The number of nitrogens with two attached hydrogens (primary N) is 1. The summed E-state index contributed by atoms with van der Waals surface area (Å²) in [6.07, 6.45) is 5.41. The molecule has 9 heteroatoms. The molecule has 144 valence electrons. The Labute approximate surface area is 161 Å². The van der Waals surface area contributed by atoms with Crippen molar-refractivity contribution in [2.45, 2.75) is 37.0 Å². The van der Waals surface area contributed by atoms with E-state index in [1.165, 1.54) is 52.5 Å². The minimum Gasteiger partial charge on any atom is -0.451 e. The largest absolute Gasteiger partial charge is 0.451 e. The molecule has 0 fully saturated rings. The van der Waals surface area contributed by atoms with Gasteiger partial charge < -0.3 is 10.1 Å². The van der Waals surface area contributed by atoms with Crippen molar-refractivity contribution in [2.75, 3.05) is 11.9 Å². The highest BCUT2D eigenvalue weighted by Gasteiger charge is 2.18. The molecule has 3 rings (SSSR count). The number of hydrogen-bond donors (Lipinski definition) is 2. The molecule has 0 spiro atoms. The van der Waals surface area contributed by atoms with E-state index in [-0.39, 0.29) is 10.6 Å². The van der Waals surface area contributed by atoms with E-state index in [0.717, 1.165) is 25.7 Å². The van der Waals surface area contributed by atoms with Crippen LogP contribution in [0.3, 0.4) is 0 Å². The number of primary sulfonamides is 1. The van der Waals surface area contributed by atoms with Gasteiger partial charge in [0.25, 0.3) is 5.91 Å². The monoisotopic (exact) mass is 408 g/mol.